The van der Waals surface area contributed by atoms with Crippen LogP contribution in [0, 0.1) is 0 Å². The number of para-hydroxylation sites is 1. The first kappa shape index (κ1) is 14.2. The lowest BCUT2D eigenvalue weighted by Crippen LogP contribution is -2.32. The molecule has 1 saturated carbocycles. The van der Waals surface area contributed by atoms with E-state index in [9.17, 15) is 9.59 Å². The highest BCUT2D eigenvalue weighted by Crippen LogP contribution is 2.20. The lowest BCUT2D eigenvalue weighted by Gasteiger charge is -2.21. The third-order valence-electron chi connectivity index (χ3n) is 3.19. The lowest BCUT2D eigenvalue weighted by atomic mass is 9.98. The minimum Gasteiger partial charge on any atom is -0.478 e. The van der Waals surface area contributed by atoms with Gasteiger partial charge < -0.3 is 14.7 Å². The molecule has 1 amide bonds. The normalized spacial score (nSPS) is 15.4. The van der Waals surface area contributed by atoms with Crippen LogP contribution in [0.1, 0.15) is 42.5 Å². The highest BCUT2D eigenvalue weighted by atomic mass is 16.7. The number of ether oxygens (including phenoxy) is 1. The summed E-state index contributed by atoms with van der Waals surface area (Å²) in [6.45, 7) is 0. The van der Waals surface area contributed by atoms with Crippen LogP contribution in [0.3, 0.4) is 0 Å². The van der Waals surface area contributed by atoms with E-state index >= 15 is 0 Å². The Kier molecular flexibility index (Phi) is 4.81. The third-order valence-corrected chi connectivity index (χ3v) is 3.19. The number of carbonyl (C=O) groups excluding carboxylic acids is 1. The molecule has 1 aliphatic rings. The zero-order valence-corrected chi connectivity index (χ0v) is 11.0. The zero-order chi connectivity index (χ0) is 14.4. The van der Waals surface area contributed by atoms with Gasteiger partial charge in [0, 0.05) is 0 Å². The second-order valence-corrected chi connectivity index (χ2v) is 4.67. The van der Waals surface area contributed by atoms with Crippen LogP contribution >= 0.6 is 0 Å². The molecule has 0 aromatic heterocycles. The number of carboxylic acids is 1. The Morgan fingerprint density at radius 1 is 1.15 bits per heavy atom. The van der Waals surface area contributed by atoms with Gasteiger partial charge in [-0.15, -0.1) is 0 Å². The van der Waals surface area contributed by atoms with Gasteiger partial charge in [-0.1, -0.05) is 18.6 Å². The van der Waals surface area contributed by atoms with E-state index in [4.69, 9.17) is 14.7 Å². The van der Waals surface area contributed by atoms with Gasteiger partial charge in [-0.05, 0) is 37.8 Å². The van der Waals surface area contributed by atoms with Crippen LogP contribution in [0.5, 0.6) is 5.75 Å². The van der Waals surface area contributed by atoms with E-state index in [-0.39, 0.29) is 17.4 Å². The number of carboxylic acid groups (broad SMARTS) is 1. The molecule has 1 aromatic carbocycles. The van der Waals surface area contributed by atoms with Crippen molar-refractivity contribution in [2.45, 2.75) is 38.2 Å². The first-order valence-corrected chi connectivity index (χ1v) is 6.62. The molecule has 0 radical (unpaired) electrons. The molecule has 1 fully saturated rings. The maximum atomic E-state index is 11.6. The number of carbonyl (C=O) groups is 2. The number of rotatable bonds is 4. The average Bonchev–Trinajstić information content (AvgIpc) is 2.46. The fourth-order valence-electron chi connectivity index (χ4n) is 2.19. The summed E-state index contributed by atoms with van der Waals surface area (Å²) >= 11 is 0. The summed E-state index contributed by atoms with van der Waals surface area (Å²) < 4.78 is 5.19. The minimum absolute atomic E-state index is 0.0227. The first-order valence-electron chi connectivity index (χ1n) is 6.62. The molecule has 1 aromatic rings. The van der Waals surface area contributed by atoms with E-state index in [0.29, 0.717) is 0 Å². The molecule has 2 rings (SSSR count). The monoisotopic (exact) mass is 279 g/mol. The summed E-state index contributed by atoms with van der Waals surface area (Å²) in [7, 11) is 0. The number of aromatic carboxylic acids is 1. The van der Waals surface area contributed by atoms with Gasteiger partial charge in [-0.2, -0.15) is 5.48 Å². The Hall–Kier alpha value is -2.24. The van der Waals surface area contributed by atoms with Crippen LogP contribution in [0.15, 0.2) is 24.3 Å². The van der Waals surface area contributed by atoms with Crippen LogP contribution in [-0.2, 0) is 4.74 Å². The lowest BCUT2D eigenvalue weighted by molar-refractivity contribution is 0.0473. The van der Waals surface area contributed by atoms with Crippen molar-refractivity contribution in [3.63, 3.8) is 0 Å². The topological polar surface area (TPSA) is 84.9 Å². The predicted molar refractivity (Wildman–Crippen MR) is 70.5 cm³/mol. The summed E-state index contributed by atoms with van der Waals surface area (Å²) in [5.74, 6) is -1.05. The predicted octanol–water partition coefficient (Wildman–Crippen LogP) is 2.74. The number of hydroxylamine groups is 1. The van der Waals surface area contributed by atoms with E-state index in [2.05, 4.69) is 5.48 Å². The molecule has 20 heavy (non-hydrogen) atoms. The van der Waals surface area contributed by atoms with E-state index in [1.165, 1.54) is 18.6 Å². The van der Waals surface area contributed by atoms with Gasteiger partial charge >= 0.3 is 12.1 Å². The SMILES string of the molecule is O=C(NOc1ccccc1C(=O)O)OC1CCCCC1. The Morgan fingerprint density at radius 3 is 2.55 bits per heavy atom. The van der Waals surface area contributed by atoms with Crippen molar-refractivity contribution in [2.75, 3.05) is 0 Å². The fraction of sp³-hybridized carbons (Fsp3) is 0.429. The van der Waals surface area contributed by atoms with Crippen molar-refractivity contribution in [2.24, 2.45) is 0 Å². The zero-order valence-electron chi connectivity index (χ0n) is 11.0. The summed E-state index contributed by atoms with van der Waals surface area (Å²) in [4.78, 5) is 27.5. The van der Waals surface area contributed by atoms with Crippen molar-refractivity contribution in [1.82, 2.24) is 5.48 Å². The minimum atomic E-state index is -1.12. The average molecular weight is 279 g/mol. The first-order chi connectivity index (χ1) is 9.66. The van der Waals surface area contributed by atoms with Crippen LogP contribution in [0.2, 0.25) is 0 Å². The van der Waals surface area contributed by atoms with Crippen molar-refractivity contribution in [3.8, 4) is 5.75 Å². The molecule has 0 bridgehead atoms. The van der Waals surface area contributed by atoms with E-state index < -0.39 is 12.1 Å². The number of hydrogen-bond donors (Lipinski definition) is 2. The maximum absolute atomic E-state index is 11.6. The second-order valence-electron chi connectivity index (χ2n) is 4.67. The van der Waals surface area contributed by atoms with Gasteiger partial charge in [0.1, 0.15) is 11.7 Å². The molecule has 108 valence electrons. The molecule has 2 N–H and O–H groups in total. The van der Waals surface area contributed by atoms with Gasteiger partial charge in [0.15, 0.2) is 5.75 Å². The van der Waals surface area contributed by atoms with Crippen LogP contribution in [-0.4, -0.2) is 23.3 Å². The van der Waals surface area contributed by atoms with E-state index in [1.54, 1.807) is 12.1 Å². The molecule has 6 heteroatoms. The number of benzene rings is 1. The second kappa shape index (κ2) is 6.79. The van der Waals surface area contributed by atoms with Gasteiger partial charge in [0.05, 0.1) is 0 Å². The standard InChI is InChI=1S/C14H17NO5/c16-13(17)11-8-4-5-9-12(11)20-15-14(18)19-10-6-2-1-3-7-10/h4-5,8-10H,1-3,6-7H2,(H,15,18)(H,16,17). The van der Waals surface area contributed by atoms with Crippen molar-refractivity contribution in [3.05, 3.63) is 29.8 Å². The Balaban J connectivity index is 1.85. The molecule has 0 heterocycles. The number of amides is 1. The maximum Gasteiger partial charge on any atom is 0.440 e. The summed E-state index contributed by atoms with van der Waals surface area (Å²) in [5, 5.41) is 8.97. The highest BCUT2D eigenvalue weighted by Gasteiger charge is 2.18. The van der Waals surface area contributed by atoms with Crippen molar-refractivity contribution in [1.29, 1.82) is 0 Å². The van der Waals surface area contributed by atoms with Crippen LogP contribution in [0.4, 0.5) is 4.79 Å². The molecule has 0 saturated heterocycles. The molecule has 6 nitrogen and oxygen atoms in total. The van der Waals surface area contributed by atoms with Crippen LogP contribution < -0.4 is 10.3 Å². The third kappa shape index (κ3) is 3.88. The van der Waals surface area contributed by atoms with Gasteiger partial charge in [-0.3, -0.25) is 0 Å². The van der Waals surface area contributed by atoms with E-state index in [0.717, 1.165) is 25.7 Å². The molecular weight excluding hydrogens is 262 g/mol. The Labute approximate surface area is 116 Å². The smallest absolute Gasteiger partial charge is 0.440 e. The highest BCUT2D eigenvalue weighted by molar-refractivity contribution is 5.90. The summed E-state index contributed by atoms with van der Waals surface area (Å²) in [5.41, 5.74) is 2.09. The van der Waals surface area contributed by atoms with Crippen molar-refractivity contribution < 1.29 is 24.3 Å². The Morgan fingerprint density at radius 2 is 1.85 bits per heavy atom. The van der Waals surface area contributed by atoms with Gasteiger partial charge in [0.2, 0.25) is 0 Å². The van der Waals surface area contributed by atoms with Gasteiger partial charge in [-0.25, -0.2) is 9.59 Å². The van der Waals surface area contributed by atoms with E-state index in [1.807, 2.05) is 0 Å². The Bertz CT molecular complexity index is 482. The largest absolute Gasteiger partial charge is 0.478 e. The summed E-state index contributed by atoms with van der Waals surface area (Å²) in [6.07, 6.45) is 4.22. The molecule has 0 unspecified atom stereocenters. The van der Waals surface area contributed by atoms with Crippen LogP contribution in [0.25, 0.3) is 0 Å². The molecule has 0 spiro atoms. The molecule has 1 aliphatic carbocycles. The quantitative estimate of drug-likeness (QED) is 0.828. The number of nitrogens with one attached hydrogen (secondary N) is 1. The number of hydrogen-bond acceptors (Lipinski definition) is 4. The molecular formula is C14H17NO5. The van der Waals surface area contributed by atoms with Gasteiger partial charge in [0.25, 0.3) is 0 Å². The molecule has 0 aliphatic heterocycles. The van der Waals surface area contributed by atoms with Crippen molar-refractivity contribution >= 4 is 12.1 Å². The summed E-state index contributed by atoms with van der Waals surface area (Å²) in [6, 6.07) is 6.06. The fourth-order valence-corrected chi connectivity index (χ4v) is 2.19. The molecule has 0 atom stereocenters.